The van der Waals surface area contributed by atoms with Crippen LogP contribution in [-0.4, -0.2) is 230 Å². The van der Waals surface area contributed by atoms with Crippen LogP contribution in [-0.2, 0) is 32.0 Å². The Bertz CT molecular complexity index is 4610. The maximum atomic E-state index is 12.9. The number of hydrogen-bond acceptors (Lipinski definition) is 30. The number of ketones is 4. The van der Waals surface area contributed by atoms with Crippen molar-refractivity contribution in [2.75, 3.05) is 58.9 Å². The van der Waals surface area contributed by atoms with E-state index in [1.807, 2.05) is 44.2 Å². The number of H-pyrrole nitrogens is 1. The molecular formula is C79H131N37O12. The van der Waals surface area contributed by atoms with Gasteiger partial charge in [-0.2, -0.15) is 19.9 Å². The van der Waals surface area contributed by atoms with Gasteiger partial charge < -0.3 is 144 Å². The molecule has 4 aliphatic heterocycles. The van der Waals surface area contributed by atoms with E-state index in [0.717, 1.165) is 43.4 Å². The maximum absolute atomic E-state index is 12.9. The number of aromatic nitrogens is 10. The number of urea groups is 4. The zero-order valence-corrected chi connectivity index (χ0v) is 73.8. The van der Waals surface area contributed by atoms with Crippen molar-refractivity contribution < 1.29 is 56.4 Å². The fourth-order valence-corrected chi connectivity index (χ4v) is 14.7. The fraction of sp³-hybridized carbons (Fsp3) is 0.620. The Hall–Kier alpha value is -13.1. The highest BCUT2D eigenvalue weighted by molar-refractivity contribution is 5.90. The molecule has 0 aliphatic carbocycles. The predicted octanol–water partition coefficient (Wildman–Crippen LogP) is 1.02. The molecule has 1 aromatic carbocycles. The Labute approximate surface area is 741 Å². The minimum atomic E-state index is -0.588. The Morgan fingerprint density at radius 3 is 1.00 bits per heavy atom. The highest BCUT2D eigenvalue weighted by Crippen LogP contribution is 2.30. The molecule has 0 bridgehead atoms. The number of benzene rings is 1. The van der Waals surface area contributed by atoms with Crippen LogP contribution in [0.2, 0.25) is 0 Å². The average molecular weight is 1790 g/mol. The molecule has 9 heterocycles. The zero-order valence-electron chi connectivity index (χ0n) is 73.8. The van der Waals surface area contributed by atoms with E-state index in [1.54, 1.807) is 27.2 Å². The number of likely N-dealkylation sites (tertiary alicyclic amines) is 4. The summed E-state index contributed by atoms with van der Waals surface area (Å²) in [4.78, 5) is 150. The second kappa shape index (κ2) is 52.1. The second-order valence-electron chi connectivity index (χ2n) is 31.8. The highest BCUT2D eigenvalue weighted by atomic mass is 16.5. The minimum Gasteiger partial charge on any atom is -0.370 e. The van der Waals surface area contributed by atoms with Gasteiger partial charge in [0, 0.05) is 77.2 Å². The fourth-order valence-electron chi connectivity index (χ4n) is 14.7. The molecule has 13 atom stereocenters. The van der Waals surface area contributed by atoms with Gasteiger partial charge >= 0.3 is 24.1 Å². The van der Waals surface area contributed by atoms with Gasteiger partial charge in [-0.1, -0.05) is 71.2 Å². The van der Waals surface area contributed by atoms with Crippen molar-refractivity contribution >= 4 is 77.1 Å². The summed E-state index contributed by atoms with van der Waals surface area (Å²) in [7, 11) is 0. The number of hydrogen-bond donors (Lipinski definition) is 19. The number of aliphatic imine (C=N–C) groups is 5. The molecule has 6 aromatic rings. The van der Waals surface area contributed by atoms with E-state index in [2.05, 4.69) is 96.8 Å². The molecule has 4 aliphatic rings. The lowest BCUT2D eigenvalue weighted by Gasteiger charge is -2.25. The van der Waals surface area contributed by atoms with Gasteiger partial charge in [-0.25, -0.2) is 24.2 Å². The summed E-state index contributed by atoms with van der Waals surface area (Å²) in [6.07, 6.45) is 16.2. The van der Waals surface area contributed by atoms with Gasteiger partial charge in [0.25, 0.3) is 0 Å². The number of aromatic amines is 1. The summed E-state index contributed by atoms with van der Waals surface area (Å²) in [5.41, 5.74) is 80.4. The molecule has 5 aromatic heterocycles. The van der Waals surface area contributed by atoms with E-state index in [0.29, 0.717) is 185 Å². The molecule has 128 heavy (non-hydrogen) atoms. The van der Waals surface area contributed by atoms with Crippen molar-refractivity contribution in [1.82, 2.24) is 91.4 Å². The Morgan fingerprint density at radius 2 is 0.711 bits per heavy atom. The largest absolute Gasteiger partial charge is 0.370 e. The third-order valence-electron chi connectivity index (χ3n) is 21.7. The Balaban J connectivity index is 0.000000234. The van der Waals surface area contributed by atoms with Crippen LogP contribution in [0, 0.1) is 5.92 Å². The first kappa shape index (κ1) is 102. The molecule has 4 fully saturated rings. The highest BCUT2D eigenvalue weighted by Gasteiger charge is 2.39. The molecule has 49 nitrogen and oxygen atoms in total. The lowest BCUT2D eigenvalue weighted by molar-refractivity contribution is -0.121. The lowest BCUT2D eigenvalue weighted by Crippen LogP contribution is -2.46. The average Bonchev–Trinajstić information content (AvgIpc) is 1.69. The normalized spacial score (nSPS) is 17.9. The zero-order chi connectivity index (χ0) is 93.5. The van der Waals surface area contributed by atoms with Crippen molar-refractivity contribution in [2.45, 2.75) is 249 Å². The van der Waals surface area contributed by atoms with Crippen molar-refractivity contribution in [2.24, 2.45) is 111 Å². The van der Waals surface area contributed by atoms with Gasteiger partial charge in [-0.3, -0.25) is 44.1 Å². The molecule has 0 radical (unpaired) electrons. The number of Topliss-reactive ketones (excluding diaryl/α,β-unsaturated/α-hetero) is 4. The summed E-state index contributed by atoms with van der Waals surface area (Å²) in [6, 6.07) is 2.69. The van der Waals surface area contributed by atoms with E-state index in [1.165, 1.54) is 32.6 Å². The Kier molecular flexibility index (Phi) is 41.6. The van der Waals surface area contributed by atoms with Crippen LogP contribution in [0.1, 0.15) is 270 Å². The van der Waals surface area contributed by atoms with Gasteiger partial charge in [0.1, 0.15) is 24.2 Å². The summed E-state index contributed by atoms with van der Waals surface area (Å²) >= 11 is 0. The molecule has 10 rings (SSSR count). The molecule has 0 spiro atoms. The molecule has 4 saturated heterocycles. The van der Waals surface area contributed by atoms with Gasteiger partial charge in [0.2, 0.25) is 23.6 Å². The molecule has 8 amide bonds. The van der Waals surface area contributed by atoms with E-state index in [4.69, 9.17) is 98.4 Å². The standard InChI is InChI=1S/C22H32N8O3.C19H35N11O3.C19H30N10O3.C19H34N8O3/c1-14(31)18-10-6-12-30(18)22(32)27-17(9-5-11-26-21(24)25)20-28-19(29-33-20)16(23)13-15-7-3-2-4-8-15;1-11(31)14-7-4-10-30(14)19(32)27-13(6-3-9-26-18(23)24)16-28-15(29-33-16)12(20)5-2-8-25-17(21)22;1-11(30)15-5-3-7-29(15)19(31)26-14(4-2-6-24-18(21)22)17-27-16(28-32-17)13(20)8-12-9-23-10-25-12;1-4-11(2)15(20)16-25-17(30-26-16)13(7-5-9-23-18(21)22)24-19(29)27-10-6-8-14(27)12(3)28/h2-4,7-8,16-18H,5-6,9-13,23H2,1H3,(H,27,32)(H4,24,25,26);12-14H,2-10,20H2,1H3,(H,27,32)(H4,21,22,25)(H4,23,24,26);9-10,13-15H,2-8,20H2,1H3,(H,23,25)(H,26,31)(H4,21,22,24);11,13-15H,4-10,20H2,1-3H3,(H,24,29)(H4,21,22,23)/t16-,17-,18?;12-,13-,14?;13-,14-,15?;11?,13-,14?,15-/m0000/s1. The van der Waals surface area contributed by atoms with Crippen LogP contribution in [0.25, 0.3) is 0 Å². The first-order valence-corrected chi connectivity index (χ1v) is 43.1. The van der Waals surface area contributed by atoms with Crippen molar-refractivity contribution in [3.05, 3.63) is 101 Å². The third-order valence-corrected chi connectivity index (χ3v) is 21.7. The first-order valence-electron chi connectivity index (χ1n) is 43.1. The van der Waals surface area contributed by atoms with Crippen molar-refractivity contribution in [3.63, 3.8) is 0 Å². The van der Waals surface area contributed by atoms with Gasteiger partial charge in [0.05, 0.1) is 54.7 Å². The summed E-state index contributed by atoms with van der Waals surface area (Å²) in [6.45, 7) is 14.1. The van der Waals surface area contributed by atoms with Crippen LogP contribution in [0.5, 0.6) is 0 Å². The third kappa shape index (κ3) is 33.0. The first-order chi connectivity index (χ1) is 61.1. The number of carbonyl (C=O) groups excluding carboxylic acids is 8. The van der Waals surface area contributed by atoms with Gasteiger partial charge in [0.15, 0.2) is 76.2 Å². The minimum absolute atomic E-state index is 0.00295. The molecule has 704 valence electrons. The van der Waals surface area contributed by atoms with Crippen LogP contribution in [0.4, 0.5) is 19.2 Å². The summed E-state index contributed by atoms with van der Waals surface area (Å²) in [5.74, 6) is 2.48. The number of imidazole rings is 1. The monoisotopic (exact) mass is 1790 g/mol. The van der Waals surface area contributed by atoms with E-state index in [-0.39, 0.29) is 113 Å². The maximum Gasteiger partial charge on any atom is 0.318 e. The number of nitrogens with one attached hydrogen (secondary N) is 5. The van der Waals surface area contributed by atoms with Crippen molar-refractivity contribution in [3.8, 4) is 0 Å². The van der Waals surface area contributed by atoms with Crippen LogP contribution in [0.3, 0.4) is 0 Å². The second-order valence-corrected chi connectivity index (χ2v) is 31.8. The number of rotatable bonds is 42. The van der Waals surface area contributed by atoms with E-state index < -0.39 is 66.5 Å². The van der Waals surface area contributed by atoms with Crippen LogP contribution < -0.4 is 102 Å². The molecule has 33 N–H and O–H groups in total. The molecule has 5 unspecified atom stereocenters. The van der Waals surface area contributed by atoms with Crippen LogP contribution >= 0.6 is 0 Å². The van der Waals surface area contributed by atoms with Gasteiger partial charge in [-0.05, 0) is 161 Å². The topological polar surface area (TPSA) is 808 Å². The number of nitrogens with zero attached hydrogens (tertiary/aromatic N) is 18. The Morgan fingerprint density at radius 1 is 0.422 bits per heavy atom. The van der Waals surface area contributed by atoms with E-state index in [9.17, 15) is 38.4 Å². The summed E-state index contributed by atoms with van der Waals surface area (Å²) in [5, 5.41) is 27.7. The number of nitrogens with two attached hydrogens (primary N) is 14. The quantitative estimate of drug-likeness (QED) is 0.0144. The van der Waals surface area contributed by atoms with Crippen LogP contribution in [0.15, 0.2) is 85.9 Å². The van der Waals surface area contributed by atoms with Gasteiger partial charge in [-0.15, -0.1) is 0 Å². The molecule has 49 heteroatoms. The predicted molar refractivity (Wildman–Crippen MR) is 473 cm³/mol. The van der Waals surface area contributed by atoms with E-state index >= 15 is 0 Å². The SMILES string of the molecule is CC(=O)C1CCCN1C(=O)N[C@@H](CCCN=C(N)N)c1nc([C@@H](N)CCCN=C(N)N)no1.CC(=O)C1CCCN1C(=O)N[C@@H](CCCN=C(N)N)c1nc([C@@H](N)Cc2ccccc2)no1.CC(=O)C1CCCN1C(=O)N[C@@H](CCCN=C(N)N)c1nc([C@@H](N)Cc2cnc[nH]2)no1.CCC(C)[C@H](N)c1noc([C@H](CCCN=C(N)N)NC(=O)N2CCCC2C(C)=O)n1. The summed E-state index contributed by atoms with van der Waals surface area (Å²) < 4.78 is 21.8. The van der Waals surface area contributed by atoms with Crippen molar-refractivity contribution in [1.29, 1.82) is 0 Å². The lowest BCUT2D eigenvalue weighted by atomic mass is 10.00. The smallest absolute Gasteiger partial charge is 0.318 e. The number of guanidine groups is 5. The number of amides is 8. The molecular weight excluding hydrogens is 1660 g/mol. The number of carbonyl (C=O) groups is 8. The molecule has 0 saturated carbocycles.